The number of azide groups is 1. The molecule has 0 N–H and O–H groups in total. The van der Waals surface area contributed by atoms with Crippen LogP contribution in [0.15, 0.2) is 96.1 Å². The predicted octanol–water partition coefficient (Wildman–Crippen LogP) is 5.38. The molecule has 0 bridgehead atoms. The first kappa shape index (κ1) is 28.3. The Bertz CT molecular complexity index is 1190. The van der Waals surface area contributed by atoms with Crippen LogP contribution in [0.25, 0.3) is 10.4 Å². The first-order chi connectivity index (χ1) is 19.2. The van der Waals surface area contributed by atoms with Crippen molar-refractivity contribution in [3.05, 3.63) is 118 Å². The van der Waals surface area contributed by atoms with Crippen molar-refractivity contribution in [3.8, 4) is 0 Å². The lowest BCUT2D eigenvalue weighted by Gasteiger charge is -2.46. The Hall–Kier alpha value is -3.72. The van der Waals surface area contributed by atoms with Crippen LogP contribution >= 0.6 is 0 Å². The van der Waals surface area contributed by atoms with Crippen molar-refractivity contribution in [2.24, 2.45) is 5.11 Å². The summed E-state index contributed by atoms with van der Waals surface area (Å²) in [6.45, 7) is 0.870. The summed E-state index contributed by atoms with van der Waals surface area (Å²) in [5.74, 6) is -0.443. The molecule has 1 saturated heterocycles. The average Bonchev–Trinajstić information content (AvgIpc) is 2.99. The van der Waals surface area contributed by atoms with E-state index in [0.717, 1.165) is 16.7 Å². The molecular weight excluding hydrogens is 498 g/mol. The summed E-state index contributed by atoms with van der Waals surface area (Å²) in [4.78, 5) is 15.3. The van der Waals surface area contributed by atoms with E-state index in [1.165, 1.54) is 7.11 Å². The fraction of sp³-hybridized carbons (Fsp3) is 0.367. The SMILES string of the molecule is COC(=O)C[C@@H]1O[C@H](CN=[N+]=[N-])[C@@H](OCc2ccccc2)[C@H](OCc2ccccc2)[C@H]1OCc1ccccc1. The van der Waals surface area contributed by atoms with E-state index < -0.39 is 36.5 Å². The number of benzene rings is 3. The van der Waals surface area contributed by atoms with Crippen molar-refractivity contribution in [2.45, 2.75) is 56.8 Å². The van der Waals surface area contributed by atoms with Crippen molar-refractivity contribution >= 4 is 5.97 Å². The van der Waals surface area contributed by atoms with E-state index in [4.69, 9.17) is 29.2 Å². The topological polar surface area (TPSA) is 112 Å². The fourth-order valence-corrected chi connectivity index (χ4v) is 4.56. The first-order valence-electron chi connectivity index (χ1n) is 12.9. The number of hydrogen-bond donors (Lipinski definition) is 0. The minimum atomic E-state index is -0.711. The second kappa shape index (κ2) is 15.0. The van der Waals surface area contributed by atoms with E-state index in [1.54, 1.807) is 0 Å². The van der Waals surface area contributed by atoms with Gasteiger partial charge in [-0.3, -0.25) is 4.79 Å². The van der Waals surface area contributed by atoms with Gasteiger partial charge >= 0.3 is 5.97 Å². The Kier molecular flexibility index (Phi) is 10.9. The Balaban J connectivity index is 1.65. The minimum absolute atomic E-state index is 0.00420. The van der Waals surface area contributed by atoms with Crippen LogP contribution < -0.4 is 0 Å². The molecule has 0 unspecified atom stereocenters. The summed E-state index contributed by atoms with van der Waals surface area (Å²) in [5.41, 5.74) is 12.0. The molecule has 0 spiro atoms. The molecule has 5 atom stereocenters. The normalized spacial score (nSPS) is 22.5. The van der Waals surface area contributed by atoms with Crippen LogP contribution in [0, 0.1) is 0 Å². The van der Waals surface area contributed by atoms with E-state index in [2.05, 4.69) is 10.0 Å². The number of nitrogens with zero attached hydrogens (tertiary/aromatic N) is 3. The molecule has 0 aliphatic carbocycles. The van der Waals surface area contributed by atoms with Gasteiger partial charge in [-0.2, -0.15) is 0 Å². The summed E-state index contributed by atoms with van der Waals surface area (Å²) in [6, 6.07) is 29.3. The maximum Gasteiger partial charge on any atom is 0.308 e. The third kappa shape index (κ3) is 8.38. The van der Waals surface area contributed by atoms with Gasteiger partial charge in [0, 0.05) is 4.91 Å². The standard InChI is InChI=1S/C30H33N3O6/c1-35-27(34)17-25-28(36-19-22-11-5-2-6-12-22)30(38-21-24-15-9-4-10-16-24)29(26(39-25)18-32-33-31)37-20-23-13-7-3-8-14-23/h2-16,25-26,28-30H,17-21H2,1H3/t25-,26+,28-,29+,30+/m0/s1. The van der Waals surface area contributed by atoms with Crippen molar-refractivity contribution in [1.82, 2.24) is 0 Å². The zero-order chi connectivity index (χ0) is 27.3. The van der Waals surface area contributed by atoms with E-state index in [0.29, 0.717) is 13.2 Å². The largest absolute Gasteiger partial charge is 0.469 e. The summed E-state index contributed by atoms with van der Waals surface area (Å²) in [7, 11) is 1.33. The van der Waals surface area contributed by atoms with E-state index in [1.807, 2.05) is 91.0 Å². The van der Waals surface area contributed by atoms with E-state index >= 15 is 0 Å². The van der Waals surface area contributed by atoms with E-state index in [9.17, 15) is 4.79 Å². The zero-order valence-corrected chi connectivity index (χ0v) is 21.9. The van der Waals surface area contributed by atoms with Crippen LogP contribution in [0.1, 0.15) is 23.1 Å². The van der Waals surface area contributed by atoms with Gasteiger partial charge in [-0.05, 0) is 22.2 Å². The molecule has 1 aliphatic rings. The Morgan fingerprint density at radius 2 is 1.18 bits per heavy atom. The molecule has 204 valence electrons. The monoisotopic (exact) mass is 531 g/mol. The molecule has 0 amide bonds. The molecule has 3 aromatic carbocycles. The third-order valence-corrected chi connectivity index (χ3v) is 6.51. The van der Waals surface area contributed by atoms with Crippen LogP contribution in [0.3, 0.4) is 0 Å². The highest BCUT2D eigenvalue weighted by atomic mass is 16.6. The summed E-state index contributed by atoms with van der Waals surface area (Å²) in [5, 5.41) is 3.77. The smallest absolute Gasteiger partial charge is 0.308 e. The van der Waals surface area contributed by atoms with Gasteiger partial charge in [0.25, 0.3) is 0 Å². The fourth-order valence-electron chi connectivity index (χ4n) is 4.56. The highest BCUT2D eigenvalue weighted by molar-refractivity contribution is 5.69. The first-order valence-corrected chi connectivity index (χ1v) is 12.9. The molecule has 1 heterocycles. The molecule has 3 aromatic rings. The maximum absolute atomic E-state index is 12.4. The number of esters is 1. The predicted molar refractivity (Wildman–Crippen MR) is 144 cm³/mol. The Morgan fingerprint density at radius 1 is 0.744 bits per heavy atom. The maximum atomic E-state index is 12.4. The van der Waals surface area contributed by atoms with Crippen molar-refractivity contribution in [3.63, 3.8) is 0 Å². The molecule has 0 saturated carbocycles. The molecule has 1 aliphatic heterocycles. The Labute approximate surface area is 228 Å². The van der Waals surface area contributed by atoms with E-state index in [-0.39, 0.29) is 19.6 Å². The second-order valence-electron chi connectivity index (χ2n) is 9.19. The summed E-state index contributed by atoms with van der Waals surface area (Å²) >= 11 is 0. The van der Waals surface area contributed by atoms with Gasteiger partial charge in [0.15, 0.2) is 0 Å². The van der Waals surface area contributed by atoms with Crippen LogP contribution in [0.4, 0.5) is 0 Å². The number of carbonyl (C=O) groups is 1. The van der Waals surface area contributed by atoms with Gasteiger partial charge in [0.2, 0.25) is 0 Å². The second-order valence-corrected chi connectivity index (χ2v) is 9.19. The van der Waals surface area contributed by atoms with Gasteiger partial charge in [-0.1, -0.05) is 96.1 Å². The summed E-state index contributed by atoms with van der Waals surface area (Å²) in [6.07, 6.45) is -3.39. The number of ether oxygens (including phenoxy) is 5. The number of methoxy groups -OCH3 is 1. The molecule has 9 heteroatoms. The Morgan fingerprint density at radius 3 is 1.62 bits per heavy atom. The lowest BCUT2D eigenvalue weighted by atomic mass is 9.92. The van der Waals surface area contributed by atoms with Gasteiger partial charge < -0.3 is 23.7 Å². The lowest BCUT2D eigenvalue weighted by molar-refractivity contribution is -0.263. The number of carbonyl (C=O) groups excluding carboxylic acids is 1. The molecular formula is C30H33N3O6. The molecule has 4 rings (SSSR count). The third-order valence-electron chi connectivity index (χ3n) is 6.51. The van der Waals surface area contributed by atoms with Crippen LogP contribution in [-0.4, -0.2) is 50.1 Å². The van der Waals surface area contributed by atoms with Crippen LogP contribution in [0.5, 0.6) is 0 Å². The van der Waals surface area contributed by atoms with Gasteiger partial charge in [0.1, 0.15) is 18.3 Å². The molecule has 0 radical (unpaired) electrons. The van der Waals surface area contributed by atoms with Crippen molar-refractivity contribution in [2.75, 3.05) is 13.7 Å². The highest BCUT2D eigenvalue weighted by Crippen LogP contribution is 2.32. The van der Waals surface area contributed by atoms with Gasteiger partial charge in [-0.15, -0.1) is 0 Å². The van der Waals surface area contributed by atoms with Gasteiger partial charge in [0.05, 0.1) is 52.1 Å². The highest BCUT2D eigenvalue weighted by Gasteiger charge is 2.48. The summed E-state index contributed by atoms with van der Waals surface area (Å²) < 4.78 is 30.6. The number of rotatable bonds is 13. The average molecular weight is 532 g/mol. The van der Waals surface area contributed by atoms with Crippen molar-refractivity contribution < 1.29 is 28.5 Å². The zero-order valence-electron chi connectivity index (χ0n) is 21.9. The number of hydrogen-bond acceptors (Lipinski definition) is 7. The quantitative estimate of drug-likeness (QED) is 0.127. The lowest BCUT2D eigenvalue weighted by Crippen LogP contribution is -2.61. The van der Waals surface area contributed by atoms with Crippen LogP contribution in [-0.2, 0) is 48.3 Å². The molecule has 39 heavy (non-hydrogen) atoms. The minimum Gasteiger partial charge on any atom is -0.469 e. The van der Waals surface area contributed by atoms with Crippen LogP contribution in [0.2, 0.25) is 0 Å². The van der Waals surface area contributed by atoms with Crippen molar-refractivity contribution in [1.29, 1.82) is 0 Å². The van der Waals surface area contributed by atoms with Gasteiger partial charge in [-0.25, -0.2) is 0 Å². The molecule has 0 aromatic heterocycles. The molecule has 9 nitrogen and oxygen atoms in total. The molecule has 1 fully saturated rings.